The Morgan fingerprint density at radius 2 is 1.53 bits per heavy atom. The Morgan fingerprint density at radius 1 is 1.03 bits per heavy atom. The fourth-order valence-electron chi connectivity index (χ4n) is 3.06. The Bertz CT molecular complexity index is 673. The number of rotatable bonds is 11. The van der Waals surface area contributed by atoms with Crippen molar-refractivity contribution in [1.82, 2.24) is 0 Å². The number of carbonyl (C=O) groups is 3. The minimum atomic E-state index is -0.699. The van der Waals surface area contributed by atoms with E-state index in [4.69, 9.17) is 23.7 Å². The summed E-state index contributed by atoms with van der Waals surface area (Å²) in [6.07, 6.45) is 5.18. The van der Waals surface area contributed by atoms with Crippen LogP contribution in [0.15, 0.2) is 11.8 Å². The van der Waals surface area contributed by atoms with E-state index in [-0.39, 0.29) is 44.6 Å². The van der Waals surface area contributed by atoms with Gasteiger partial charge in [0.1, 0.15) is 0 Å². The number of hydrogen-bond donors (Lipinski definition) is 0. The molecule has 0 bridgehead atoms. The second kappa shape index (κ2) is 22.8. The van der Waals surface area contributed by atoms with Crippen LogP contribution in [-0.4, -0.2) is 72.1 Å². The van der Waals surface area contributed by atoms with Gasteiger partial charge < -0.3 is 33.2 Å². The van der Waals surface area contributed by atoms with E-state index in [1.807, 2.05) is 27.7 Å². The van der Waals surface area contributed by atoms with Crippen molar-refractivity contribution < 1.29 is 47.5 Å². The van der Waals surface area contributed by atoms with Gasteiger partial charge in [0.2, 0.25) is 5.79 Å². The Kier molecular flexibility index (Phi) is 25.7. The van der Waals surface area contributed by atoms with Crippen LogP contribution in [0.2, 0.25) is 0 Å². The maximum Gasteiger partial charge on any atom is 0.308 e. The van der Waals surface area contributed by atoms with E-state index in [0.717, 1.165) is 12.0 Å². The molecule has 38 heavy (non-hydrogen) atoms. The molecular weight excluding hydrogens is 496 g/mol. The van der Waals surface area contributed by atoms with Crippen molar-refractivity contribution in [2.75, 3.05) is 42.7 Å². The first kappa shape index (κ1) is 42.9. The first-order valence-corrected chi connectivity index (χ1v) is 12.0. The second-order valence-corrected chi connectivity index (χ2v) is 8.85. The number of allylic oxidation sites excluding steroid dienone is 1. The highest BCUT2D eigenvalue weighted by molar-refractivity contribution is 5.70. The predicted molar refractivity (Wildman–Crippen MR) is 148 cm³/mol. The minimum Gasteiger partial charge on any atom is -0.504 e. The van der Waals surface area contributed by atoms with E-state index in [0.29, 0.717) is 32.1 Å². The van der Waals surface area contributed by atoms with Gasteiger partial charge >= 0.3 is 17.9 Å². The highest BCUT2D eigenvalue weighted by atomic mass is 16.7. The molecule has 1 aliphatic rings. The third-order valence-electron chi connectivity index (χ3n) is 6.38. The van der Waals surface area contributed by atoms with Crippen molar-refractivity contribution in [3.63, 3.8) is 0 Å². The Morgan fingerprint density at radius 3 is 1.92 bits per heavy atom. The van der Waals surface area contributed by atoms with Crippen LogP contribution in [0.5, 0.6) is 0 Å². The summed E-state index contributed by atoms with van der Waals surface area (Å²) in [5, 5.41) is 0. The molecule has 0 aromatic heterocycles. The molecule has 3 unspecified atom stereocenters. The molecule has 0 spiro atoms. The standard InChI is InChI=1S/C10H20O4.2C8H14O3.2CH4/c1-8(6-7-9(11)12-3)10(2,13-4)14-5;1-6-4-5-7(9)11-8(6,2)10-3;1-7(6-10-2)4-5-8(9)11-3;;/h8H,6-7H2,1-5H3;2*6H,4-5H2,1-3H3;2*1H4/b;;7-6+;;. The van der Waals surface area contributed by atoms with Gasteiger partial charge in [-0.1, -0.05) is 28.7 Å². The Hall–Kier alpha value is -2.17. The average molecular weight is 553 g/mol. The van der Waals surface area contributed by atoms with Crippen LogP contribution in [0, 0.1) is 11.8 Å². The highest BCUT2D eigenvalue weighted by Gasteiger charge is 2.39. The number of carbonyl (C=O) groups excluding carboxylic acids is 3. The van der Waals surface area contributed by atoms with Gasteiger partial charge in [0.25, 0.3) is 0 Å². The maximum atomic E-state index is 10.9. The van der Waals surface area contributed by atoms with Crippen molar-refractivity contribution in [3.8, 4) is 0 Å². The molecule has 0 radical (unpaired) electrons. The van der Waals surface area contributed by atoms with E-state index in [2.05, 4.69) is 9.47 Å². The van der Waals surface area contributed by atoms with Crippen molar-refractivity contribution >= 4 is 17.9 Å². The fraction of sp³-hybridized carbons (Fsp3) is 0.821. The summed E-state index contributed by atoms with van der Waals surface area (Å²) in [4.78, 5) is 32.4. The van der Waals surface area contributed by atoms with Crippen molar-refractivity contribution in [1.29, 1.82) is 0 Å². The summed E-state index contributed by atoms with van der Waals surface area (Å²) < 4.78 is 34.5. The van der Waals surface area contributed by atoms with Crippen LogP contribution in [0.25, 0.3) is 0 Å². The maximum absolute atomic E-state index is 10.9. The third kappa shape index (κ3) is 17.4. The lowest BCUT2D eigenvalue weighted by molar-refractivity contribution is -0.246. The Labute approximate surface area is 231 Å². The lowest BCUT2D eigenvalue weighted by atomic mass is 9.94. The van der Waals surface area contributed by atoms with E-state index in [1.54, 1.807) is 41.6 Å². The zero-order valence-corrected chi connectivity index (χ0v) is 24.1. The zero-order chi connectivity index (χ0) is 28.4. The van der Waals surface area contributed by atoms with Gasteiger partial charge in [0.15, 0.2) is 5.79 Å². The van der Waals surface area contributed by atoms with E-state index in [9.17, 15) is 14.4 Å². The fourth-order valence-corrected chi connectivity index (χ4v) is 3.06. The second-order valence-electron chi connectivity index (χ2n) is 8.85. The molecule has 0 saturated carbocycles. The van der Waals surface area contributed by atoms with Crippen molar-refractivity contribution in [3.05, 3.63) is 11.8 Å². The lowest BCUT2D eigenvalue weighted by Crippen LogP contribution is -2.44. The molecule has 0 N–H and O–H groups in total. The molecule has 10 heteroatoms. The molecule has 0 aliphatic carbocycles. The summed E-state index contributed by atoms with van der Waals surface area (Å²) in [6.45, 7) is 9.57. The van der Waals surface area contributed by atoms with Gasteiger partial charge in [-0.15, -0.1) is 0 Å². The number of hydrogen-bond acceptors (Lipinski definition) is 10. The van der Waals surface area contributed by atoms with Crippen LogP contribution in [0.4, 0.5) is 0 Å². The topological polar surface area (TPSA) is 116 Å². The van der Waals surface area contributed by atoms with Crippen LogP contribution in [0.3, 0.4) is 0 Å². The van der Waals surface area contributed by atoms with Gasteiger partial charge in [-0.3, -0.25) is 14.4 Å². The molecule has 1 aliphatic heterocycles. The van der Waals surface area contributed by atoms with Gasteiger partial charge in [-0.25, -0.2) is 0 Å². The highest BCUT2D eigenvalue weighted by Crippen LogP contribution is 2.31. The minimum absolute atomic E-state index is 0. The zero-order valence-electron chi connectivity index (χ0n) is 24.1. The smallest absolute Gasteiger partial charge is 0.308 e. The first-order valence-electron chi connectivity index (χ1n) is 12.0. The van der Waals surface area contributed by atoms with Gasteiger partial charge in [-0.2, -0.15) is 0 Å². The van der Waals surface area contributed by atoms with E-state index in [1.165, 1.54) is 14.2 Å². The van der Waals surface area contributed by atoms with Crippen LogP contribution in [-0.2, 0) is 47.5 Å². The quantitative estimate of drug-likeness (QED) is 0.137. The summed E-state index contributed by atoms with van der Waals surface area (Å²) >= 11 is 0. The van der Waals surface area contributed by atoms with E-state index < -0.39 is 11.6 Å². The molecule has 10 nitrogen and oxygen atoms in total. The van der Waals surface area contributed by atoms with Gasteiger partial charge in [0, 0.05) is 59.4 Å². The molecule has 228 valence electrons. The van der Waals surface area contributed by atoms with Gasteiger partial charge in [0.05, 0.1) is 27.6 Å². The molecule has 0 aromatic rings. The molecule has 0 amide bonds. The number of methoxy groups -OCH3 is 6. The summed E-state index contributed by atoms with van der Waals surface area (Å²) in [6, 6.07) is 0. The largest absolute Gasteiger partial charge is 0.504 e. The van der Waals surface area contributed by atoms with E-state index >= 15 is 0 Å². The third-order valence-corrected chi connectivity index (χ3v) is 6.38. The van der Waals surface area contributed by atoms with Crippen LogP contribution in [0.1, 0.15) is 88.0 Å². The molecule has 1 heterocycles. The number of ether oxygens (including phenoxy) is 7. The monoisotopic (exact) mass is 552 g/mol. The summed E-state index contributed by atoms with van der Waals surface area (Å²) in [5.74, 6) is -1.46. The van der Waals surface area contributed by atoms with Crippen molar-refractivity contribution in [2.45, 2.75) is 99.6 Å². The molecule has 0 aromatic carbocycles. The van der Waals surface area contributed by atoms with Crippen LogP contribution < -0.4 is 0 Å². The summed E-state index contributed by atoms with van der Waals surface area (Å²) in [7, 11) is 9.11. The molecule has 1 saturated heterocycles. The lowest BCUT2D eigenvalue weighted by Gasteiger charge is -2.37. The number of esters is 3. The average Bonchev–Trinajstić information content (AvgIpc) is 2.88. The molecule has 1 fully saturated rings. The van der Waals surface area contributed by atoms with Crippen LogP contribution >= 0.6 is 0 Å². The predicted octanol–water partition coefficient (Wildman–Crippen LogP) is 5.67. The molecular formula is C28H56O10. The Balaban J connectivity index is -0.000000224. The molecule has 1 rings (SSSR count). The SMILES string of the molecule is C.C.CO/C=C(\C)CCC(=O)OC.COC(=O)CCC(C)C(C)(OC)OC.COC1(C)OC(=O)CCC1C. The van der Waals surface area contributed by atoms with Gasteiger partial charge in [-0.05, 0) is 38.7 Å². The normalized spacial score (nSPS) is 19.4. The number of cyclic esters (lactones) is 1. The molecule has 3 atom stereocenters. The summed E-state index contributed by atoms with van der Waals surface area (Å²) in [5.41, 5.74) is 1.04. The first-order chi connectivity index (χ1) is 16.8. The van der Waals surface area contributed by atoms with Crippen molar-refractivity contribution in [2.24, 2.45) is 11.8 Å².